The smallest absolute Gasteiger partial charge is 0.232 e. The molecule has 0 atom stereocenters. The number of thiophene rings is 1. The van der Waals surface area contributed by atoms with Crippen molar-refractivity contribution in [2.75, 3.05) is 13.2 Å². The second kappa shape index (κ2) is 6.72. The SMILES string of the molecule is O=C(NCCOc1ccccc1)C1(c2cc(-c3cccs3)on2)CC1. The van der Waals surface area contributed by atoms with E-state index in [0.717, 1.165) is 34.9 Å². The molecule has 1 aliphatic carbocycles. The van der Waals surface area contributed by atoms with E-state index >= 15 is 0 Å². The zero-order chi connectivity index (χ0) is 17.1. The lowest BCUT2D eigenvalue weighted by Gasteiger charge is -2.13. The number of amides is 1. The van der Waals surface area contributed by atoms with Crippen LogP contribution >= 0.6 is 11.3 Å². The van der Waals surface area contributed by atoms with Crippen LogP contribution < -0.4 is 10.1 Å². The predicted molar refractivity (Wildman–Crippen MR) is 95.7 cm³/mol. The van der Waals surface area contributed by atoms with E-state index in [4.69, 9.17) is 9.26 Å². The van der Waals surface area contributed by atoms with Crippen LogP contribution in [0.3, 0.4) is 0 Å². The Labute approximate surface area is 149 Å². The van der Waals surface area contributed by atoms with Gasteiger partial charge in [0.2, 0.25) is 5.91 Å². The highest BCUT2D eigenvalue weighted by Crippen LogP contribution is 2.48. The minimum atomic E-state index is -0.536. The number of carbonyl (C=O) groups excluding carboxylic acids is 1. The van der Waals surface area contributed by atoms with E-state index in [1.54, 1.807) is 11.3 Å². The summed E-state index contributed by atoms with van der Waals surface area (Å²) in [5, 5.41) is 9.09. The Hall–Kier alpha value is -2.60. The molecule has 1 amide bonds. The average molecular weight is 354 g/mol. The number of hydrogen-bond acceptors (Lipinski definition) is 5. The highest BCUT2D eigenvalue weighted by molar-refractivity contribution is 7.13. The summed E-state index contributed by atoms with van der Waals surface area (Å²) in [6.07, 6.45) is 1.60. The summed E-state index contributed by atoms with van der Waals surface area (Å²) in [6, 6.07) is 15.4. The quantitative estimate of drug-likeness (QED) is 0.658. The number of rotatable bonds is 7. The zero-order valence-corrected chi connectivity index (χ0v) is 14.4. The normalized spacial score (nSPS) is 14.9. The van der Waals surface area contributed by atoms with Crippen LogP contribution in [0, 0.1) is 0 Å². The number of nitrogens with one attached hydrogen (secondary N) is 1. The van der Waals surface area contributed by atoms with Crippen LogP contribution in [-0.2, 0) is 10.2 Å². The third-order valence-corrected chi connectivity index (χ3v) is 5.23. The van der Waals surface area contributed by atoms with Gasteiger partial charge in [0, 0.05) is 6.07 Å². The maximum atomic E-state index is 12.6. The van der Waals surface area contributed by atoms with E-state index in [1.165, 1.54) is 0 Å². The minimum Gasteiger partial charge on any atom is -0.492 e. The molecule has 3 aromatic rings. The monoisotopic (exact) mass is 354 g/mol. The first-order valence-electron chi connectivity index (χ1n) is 8.25. The van der Waals surface area contributed by atoms with Gasteiger partial charge in [-0.1, -0.05) is 29.4 Å². The van der Waals surface area contributed by atoms with Crippen molar-refractivity contribution in [3.05, 3.63) is 59.6 Å². The fraction of sp³-hybridized carbons (Fsp3) is 0.263. The van der Waals surface area contributed by atoms with Gasteiger partial charge in [-0.3, -0.25) is 4.79 Å². The van der Waals surface area contributed by atoms with Gasteiger partial charge in [-0.2, -0.15) is 0 Å². The van der Waals surface area contributed by atoms with Gasteiger partial charge in [0.1, 0.15) is 12.4 Å². The van der Waals surface area contributed by atoms with Gasteiger partial charge in [-0.25, -0.2) is 0 Å². The molecule has 0 spiro atoms. The number of aromatic nitrogens is 1. The molecule has 1 N–H and O–H groups in total. The first-order chi connectivity index (χ1) is 12.3. The van der Waals surface area contributed by atoms with Gasteiger partial charge < -0.3 is 14.6 Å². The van der Waals surface area contributed by atoms with Gasteiger partial charge in [0.15, 0.2) is 5.76 Å². The first kappa shape index (κ1) is 15.9. The Kier molecular flexibility index (Phi) is 4.28. The molecular formula is C19H18N2O3S. The van der Waals surface area contributed by atoms with Gasteiger partial charge >= 0.3 is 0 Å². The fourth-order valence-corrected chi connectivity index (χ4v) is 3.45. The third-order valence-electron chi connectivity index (χ3n) is 4.35. The maximum absolute atomic E-state index is 12.6. The summed E-state index contributed by atoms with van der Waals surface area (Å²) in [6.45, 7) is 0.899. The lowest BCUT2D eigenvalue weighted by Crippen LogP contribution is -2.37. The standard InChI is InChI=1S/C19H18N2O3S/c22-18(20-10-11-23-14-5-2-1-3-6-14)19(8-9-19)17-13-15(24-21-17)16-7-4-12-25-16/h1-7,12-13H,8-11H2,(H,20,22). The number of benzene rings is 1. The molecule has 1 aliphatic rings. The number of para-hydroxylation sites is 1. The third kappa shape index (κ3) is 3.30. The second-order valence-electron chi connectivity index (χ2n) is 6.05. The van der Waals surface area contributed by atoms with Crippen molar-refractivity contribution in [2.45, 2.75) is 18.3 Å². The molecule has 1 fully saturated rings. The van der Waals surface area contributed by atoms with E-state index in [0.29, 0.717) is 13.2 Å². The van der Waals surface area contributed by atoms with Crippen LogP contribution in [0.15, 0.2) is 58.4 Å². The fourth-order valence-electron chi connectivity index (χ4n) is 2.78. The molecular weight excluding hydrogens is 336 g/mol. The van der Waals surface area contributed by atoms with Crippen molar-refractivity contribution in [2.24, 2.45) is 0 Å². The van der Waals surface area contributed by atoms with Crippen LogP contribution in [-0.4, -0.2) is 24.2 Å². The molecule has 128 valence electrons. The van der Waals surface area contributed by atoms with Gasteiger partial charge in [-0.15, -0.1) is 11.3 Å². The zero-order valence-electron chi connectivity index (χ0n) is 13.6. The van der Waals surface area contributed by atoms with Crippen LogP contribution in [0.5, 0.6) is 5.75 Å². The van der Waals surface area contributed by atoms with Crippen LogP contribution in [0.25, 0.3) is 10.6 Å². The summed E-state index contributed by atoms with van der Waals surface area (Å²) < 4.78 is 11.0. The summed E-state index contributed by atoms with van der Waals surface area (Å²) in [5.74, 6) is 1.52. The van der Waals surface area contributed by atoms with Crippen LogP contribution in [0.4, 0.5) is 0 Å². The predicted octanol–water partition coefficient (Wildman–Crippen LogP) is 3.63. The average Bonchev–Trinajstić information content (AvgIpc) is 3.06. The second-order valence-corrected chi connectivity index (χ2v) is 7.00. The molecule has 6 heteroatoms. The van der Waals surface area contributed by atoms with E-state index in [1.807, 2.05) is 53.9 Å². The van der Waals surface area contributed by atoms with Crippen molar-refractivity contribution in [1.82, 2.24) is 10.5 Å². The van der Waals surface area contributed by atoms with E-state index in [-0.39, 0.29) is 5.91 Å². The summed E-state index contributed by atoms with van der Waals surface area (Å²) in [5.41, 5.74) is 0.184. The number of hydrogen-bond donors (Lipinski definition) is 1. The number of carbonyl (C=O) groups is 1. The molecule has 2 heterocycles. The van der Waals surface area contributed by atoms with Gasteiger partial charge in [0.05, 0.1) is 22.5 Å². The molecule has 0 bridgehead atoms. The Bertz CT molecular complexity index is 839. The highest BCUT2D eigenvalue weighted by Gasteiger charge is 2.53. The number of nitrogens with zero attached hydrogens (tertiary/aromatic N) is 1. The van der Waals surface area contributed by atoms with E-state index < -0.39 is 5.41 Å². The molecule has 0 unspecified atom stereocenters. The summed E-state index contributed by atoms with van der Waals surface area (Å²) in [4.78, 5) is 13.6. The topological polar surface area (TPSA) is 64.4 Å². The molecule has 5 nitrogen and oxygen atoms in total. The summed E-state index contributed by atoms with van der Waals surface area (Å²) >= 11 is 1.59. The van der Waals surface area contributed by atoms with Crippen molar-refractivity contribution in [3.63, 3.8) is 0 Å². The van der Waals surface area contributed by atoms with Crippen molar-refractivity contribution in [3.8, 4) is 16.4 Å². The molecule has 0 radical (unpaired) electrons. The van der Waals surface area contributed by atoms with Gasteiger partial charge in [0.25, 0.3) is 0 Å². The molecule has 2 aromatic heterocycles. The first-order valence-corrected chi connectivity index (χ1v) is 9.13. The minimum absolute atomic E-state index is 0.00445. The molecule has 1 aromatic carbocycles. The van der Waals surface area contributed by atoms with Crippen molar-refractivity contribution >= 4 is 17.2 Å². The van der Waals surface area contributed by atoms with Gasteiger partial charge in [-0.05, 0) is 36.4 Å². The summed E-state index contributed by atoms with van der Waals surface area (Å²) in [7, 11) is 0. The Morgan fingerprint density at radius 2 is 2.08 bits per heavy atom. The largest absolute Gasteiger partial charge is 0.492 e. The van der Waals surface area contributed by atoms with Crippen LogP contribution in [0.2, 0.25) is 0 Å². The van der Waals surface area contributed by atoms with E-state index in [9.17, 15) is 4.79 Å². The highest BCUT2D eigenvalue weighted by atomic mass is 32.1. The molecule has 4 rings (SSSR count). The molecule has 1 saturated carbocycles. The molecule has 0 saturated heterocycles. The Balaban J connectivity index is 1.34. The maximum Gasteiger partial charge on any atom is 0.232 e. The Morgan fingerprint density at radius 1 is 1.24 bits per heavy atom. The van der Waals surface area contributed by atoms with Crippen LogP contribution in [0.1, 0.15) is 18.5 Å². The molecule has 25 heavy (non-hydrogen) atoms. The van der Waals surface area contributed by atoms with E-state index in [2.05, 4.69) is 10.5 Å². The molecule has 0 aliphatic heterocycles. The van der Waals surface area contributed by atoms with Crippen molar-refractivity contribution < 1.29 is 14.1 Å². The Morgan fingerprint density at radius 3 is 2.80 bits per heavy atom. The lowest BCUT2D eigenvalue weighted by atomic mass is 10.0. The van der Waals surface area contributed by atoms with Crippen molar-refractivity contribution in [1.29, 1.82) is 0 Å². The number of ether oxygens (including phenoxy) is 1. The lowest BCUT2D eigenvalue weighted by molar-refractivity contribution is -0.123.